The standard InChI is InChI=1S/C53H29N5OS/c1-3-12-31(13-4-1)50-55-51(32-14-5-2-6-15-32)57-52(56-50)34-23-25-46-43(30-34)54-53(59-46)35-16-11-17-37(26-35)58-44-20-9-7-18-38(44)42-27-33(22-24-45(42)58)41-29-36-28-40(36)48-39-19-8-10-21-47(39)60-49(41)48/h1-27,29-30H. The number of nitrogens with zero attached hydrogens (tertiary/aromatic N) is 5. The van der Waals surface area contributed by atoms with Crippen LogP contribution >= 0.6 is 11.3 Å². The fourth-order valence-corrected chi connectivity index (χ4v) is 9.89. The summed E-state index contributed by atoms with van der Waals surface area (Å²) >= 11 is 1.87. The van der Waals surface area contributed by atoms with Gasteiger partial charge >= 0.3 is 0 Å². The number of rotatable bonds is 6. The summed E-state index contributed by atoms with van der Waals surface area (Å²) in [6.45, 7) is 0. The van der Waals surface area contributed by atoms with Gasteiger partial charge in [-0.25, -0.2) is 19.9 Å². The molecule has 7 heteroatoms. The minimum atomic E-state index is 0.545. The topological polar surface area (TPSA) is 69.6 Å². The van der Waals surface area contributed by atoms with E-state index < -0.39 is 0 Å². The van der Waals surface area contributed by atoms with E-state index in [4.69, 9.17) is 24.4 Å². The Kier molecular flexibility index (Phi) is 7.04. The molecule has 4 heterocycles. The van der Waals surface area contributed by atoms with Crippen molar-refractivity contribution in [2.24, 2.45) is 0 Å². The van der Waals surface area contributed by atoms with Crippen LogP contribution in [0.2, 0.25) is 0 Å². The molecule has 0 atom stereocenters. The number of hydrogen-bond acceptors (Lipinski definition) is 6. The molecular weight excluding hydrogens is 755 g/mol. The lowest BCUT2D eigenvalue weighted by Crippen LogP contribution is -2.08. The van der Waals surface area contributed by atoms with Gasteiger partial charge in [0.2, 0.25) is 5.89 Å². The Morgan fingerprint density at radius 2 is 1.15 bits per heavy atom. The highest BCUT2D eigenvalue weighted by atomic mass is 32.1. The molecule has 0 aliphatic heterocycles. The monoisotopic (exact) mass is 783 g/mol. The van der Waals surface area contributed by atoms with Crippen LogP contribution in [-0.4, -0.2) is 24.5 Å². The molecule has 0 unspecified atom stereocenters. The molecule has 12 aromatic rings. The third-order valence-corrected chi connectivity index (χ3v) is 12.7. The molecule has 0 spiro atoms. The molecule has 0 saturated heterocycles. The van der Waals surface area contributed by atoms with Crippen LogP contribution in [0.4, 0.5) is 0 Å². The quantitative estimate of drug-likeness (QED) is 0.168. The zero-order valence-corrected chi connectivity index (χ0v) is 32.6. The van der Waals surface area contributed by atoms with Crippen molar-refractivity contribution >= 4 is 70.1 Å². The second-order valence-corrected chi connectivity index (χ2v) is 16.2. The summed E-state index contributed by atoms with van der Waals surface area (Å²) < 4.78 is 11.4. The maximum absolute atomic E-state index is 6.44. The van der Waals surface area contributed by atoms with Gasteiger partial charge in [-0.3, -0.25) is 0 Å². The van der Waals surface area contributed by atoms with Crippen molar-refractivity contribution in [3.63, 3.8) is 0 Å². The Morgan fingerprint density at radius 3 is 1.95 bits per heavy atom. The van der Waals surface area contributed by atoms with Crippen molar-refractivity contribution in [1.29, 1.82) is 0 Å². The Hall–Kier alpha value is -7.96. The maximum atomic E-state index is 6.44. The van der Waals surface area contributed by atoms with Gasteiger partial charge in [0.15, 0.2) is 23.1 Å². The van der Waals surface area contributed by atoms with Gasteiger partial charge in [0.25, 0.3) is 0 Å². The Morgan fingerprint density at radius 1 is 0.483 bits per heavy atom. The average molecular weight is 784 g/mol. The summed E-state index contributed by atoms with van der Waals surface area (Å²) in [4.78, 5) is 19.7. The summed E-state index contributed by atoms with van der Waals surface area (Å²) in [5, 5.41) is 7.54. The highest BCUT2D eigenvalue weighted by Gasteiger charge is 2.20. The van der Waals surface area contributed by atoms with Crippen LogP contribution in [0.25, 0.3) is 121 Å². The van der Waals surface area contributed by atoms with Crippen LogP contribution in [0.15, 0.2) is 180 Å². The van der Waals surface area contributed by atoms with E-state index in [1.165, 1.54) is 52.5 Å². The molecule has 278 valence electrons. The van der Waals surface area contributed by atoms with Crippen molar-refractivity contribution in [2.45, 2.75) is 0 Å². The first-order valence-electron chi connectivity index (χ1n) is 19.9. The number of aromatic nitrogens is 5. The highest BCUT2D eigenvalue weighted by Crippen LogP contribution is 2.41. The van der Waals surface area contributed by atoms with E-state index in [9.17, 15) is 0 Å². The van der Waals surface area contributed by atoms with E-state index >= 15 is 0 Å². The number of fused-ring (bicyclic) bond motifs is 9. The van der Waals surface area contributed by atoms with Crippen LogP contribution in [-0.2, 0) is 0 Å². The first kappa shape index (κ1) is 33.1. The van der Waals surface area contributed by atoms with Crippen molar-refractivity contribution in [3.05, 3.63) is 186 Å². The summed E-state index contributed by atoms with van der Waals surface area (Å²) in [6, 6.07) is 61.0. The molecule has 0 radical (unpaired) electrons. The summed E-state index contributed by atoms with van der Waals surface area (Å²) in [7, 11) is 0. The van der Waals surface area contributed by atoms with Gasteiger partial charge in [0.1, 0.15) is 5.52 Å². The number of oxazole rings is 1. The third-order valence-electron chi connectivity index (χ3n) is 11.5. The molecule has 0 fully saturated rings. The predicted molar refractivity (Wildman–Crippen MR) is 244 cm³/mol. The summed E-state index contributed by atoms with van der Waals surface area (Å²) in [6.07, 6.45) is 0. The molecule has 1 aliphatic carbocycles. The van der Waals surface area contributed by atoms with Crippen LogP contribution in [0.5, 0.6) is 0 Å². The first-order valence-corrected chi connectivity index (χ1v) is 20.7. The molecule has 0 amide bonds. The van der Waals surface area contributed by atoms with Gasteiger partial charge in [0, 0.05) is 74.9 Å². The molecule has 0 saturated carbocycles. The van der Waals surface area contributed by atoms with E-state index in [2.05, 4.69) is 107 Å². The molecule has 6 nitrogen and oxygen atoms in total. The minimum Gasteiger partial charge on any atom is -0.436 e. The van der Waals surface area contributed by atoms with Gasteiger partial charge in [-0.05, 0) is 72.3 Å². The third kappa shape index (κ3) is 5.21. The minimum absolute atomic E-state index is 0.545. The van der Waals surface area contributed by atoms with Gasteiger partial charge in [0.05, 0.1) is 11.0 Å². The zero-order valence-electron chi connectivity index (χ0n) is 31.8. The van der Waals surface area contributed by atoms with Crippen LogP contribution in [0, 0.1) is 0 Å². The Bertz CT molecular complexity index is 3820. The Labute approximate surface area is 346 Å². The SMILES string of the molecule is C1=c2cc(-c3ccc4c(c3)c3ccccc3n4-c3cccc(-c4nc5cc(-c6nc(-c7ccccc7)nc(-c7ccccc7)n6)ccc5o4)c3)c3sc4ccccc4c3c2=1. The molecule has 0 bridgehead atoms. The van der Waals surface area contributed by atoms with Crippen LogP contribution in [0.1, 0.15) is 0 Å². The molecule has 8 aromatic carbocycles. The van der Waals surface area contributed by atoms with Gasteiger partial charge in [-0.2, -0.15) is 0 Å². The van der Waals surface area contributed by atoms with Crippen molar-refractivity contribution < 1.29 is 4.42 Å². The van der Waals surface area contributed by atoms with E-state index in [0.29, 0.717) is 28.9 Å². The molecule has 13 rings (SSSR count). The van der Waals surface area contributed by atoms with Gasteiger partial charge < -0.3 is 8.98 Å². The summed E-state index contributed by atoms with van der Waals surface area (Å²) in [5.74, 6) is 2.34. The van der Waals surface area contributed by atoms with E-state index in [0.717, 1.165) is 44.5 Å². The predicted octanol–water partition coefficient (Wildman–Crippen LogP) is 11.9. The van der Waals surface area contributed by atoms with Gasteiger partial charge in [-0.15, -0.1) is 17.1 Å². The lowest BCUT2D eigenvalue weighted by molar-refractivity contribution is 0.620. The molecule has 1 aliphatic rings. The maximum Gasteiger partial charge on any atom is 0.227 e. The molecule has 4 aromatic heterocycles. The first-order chi connectivity index (χ1) is 29.7. The fraction of sp³-hybridized carbons (Fsp3) is 0. The van der Waals surface area contributed by atoms with Crippen molar-refractivity contribution in [1.82, 2.24) is 24.5 Å². The Balaban J connectivity index is 0.899. The zero-order chi connectivity index (χ0) is 39.3. The van der Waals surface area contributed by atoms with E-state index in [1.807, 2.05) is 90.2 Å². The lowest BCUT2D eigenvalue weighted by Gasteiger charge is -2.09. The second-order valence-electron chi connectivity index (χ2n) is 15.1. The van der Waals surface area contributed by atoms with E-state index in [1.54, 1.807) is 0 Å². The van der Waals surface area contributed by atoms with Crippen LogP contribution < -0.4 is 10.4 Å². The van der Waals surface area contributed by atoms with Crippen molar-refractivity contribution in [2.75, 3.05) is 0 Å². The van der Waals surface area contributed by atoms with Gasteiger partial charge in [-0.1, -0.05) is 109 Å². The smallest absolute Gasteiger partial charge is 0.227 e. The molecular formula is C53H29N5OS. The number of hydrogen-bond donors (Lipinski definition) is 0. The number of benzene rings is 8. The van der Waals surface area contributed by atoms with E-state index in [-0.39, 0.29) is 0 Å². The second kappa shape index (κ2) is 12.8. The van der Waals surface area contributed by atoms with Crippen LogP contribution in [0.3, 0.4) is 0 Å². The van der Waals surface area contributed by atoms with Crippen molar-refractivity contribution in [3.8, 4) is 62.4 Å². The fourth-order valence-electron chi connectivity index (χ4n) is 8.64. The molecule has 0 N–H and O–H groups in total. The molecule has 60 heavy (non-hydrogen) atoms. The number of thiophene rings is 1. The number of para-hydroxylation sites is 1. The summed E-state index contributed by atoms with van der Waals surface area (Å²) in [5.41, 5.74) is 14.3. The largest absolute Gasteiger partial charge is 0.436 e. The highest BCUT2D eigenvalue weighted by molar-refractivity contribution is 7.26. The normalized spacial score (nSPS) is 12.0. The average Bonchev–Trinajstić information content (AvgIpc) is 3.63. The lowest BCUT2D eigenvalue weighted by atomic mass is 10.0.